The minimum Gasteiger partial charge on any atom is -0.490 e. The summed E-state index contributed by atoms with van der Waals surface area (Å²) in [5.74, 6) is 0.380. The van der Waals surface area contributed by atoms with Crippen LogP contribution in [0.25, 0.3) is 0 Å². The number of halogens is 1. The van der Waals surface area contributed by atoms with E-state index in [1.165, 1.54) is 12.1 Å². The zero-order chi connectivity index (χ0) is 21.2. The van der Waals surface area contributed by atoms with E-state index in [4.69, 9.17) is 9.47 Å². The van der Waals surface area contributed by atoms with Gasteiger partial charge in [0.25, 0.3) is 5.91 Å². The molecule has 1 atom stereocenters. The predicted octanol–water partition coefficient (Wildman–Crippen LogP) is 1.99. The summed E-state index contributed by atoms with van der Waals surface area (Å²) in [6.07, 6.45) is 0. The van der Waals surface area contributed by atoms with Gasteiger partial charge in [-0.3, -0.25) is 10.1 Å². The maximum absolute atomic E-state index is 13.0. The maximum Gasteiger partial charge on any atom is 0.326 e. The van der Waals surface area contributed by atoms with Gasteiger partial charge in [0.2, 0.25) is 0 Å². The molecule has 0 aromatic heterocycles. The van der Waals surface area contributed by atoms with Crippen molar-refractivity contribution in [3.05, 3.63) is 53.8 Å². The van der Waals surface area contributed by atoms with Crippen LogP contribution < -0.4 is 25.0 Å². The number of amides is 3. The Kier molecular flexibility index (Phi) is 8.42. The van der Waals surface area contributed by atoms with Crippen LogP contribution in [0, 0.1) is 5.82 Å². The van der Waals surface area contributed by atoms with Crippen LogP contribution >= 0.6 is 0 Å². The van der Waals surface area contributed by atoms with Gasteiger partial charge in [0.15, 0.2) is 18.0 Å². The fourth-order valence-electron chi connectivity index (χ4n) is 2.75. The molecule has 1 unspecified atom stereocenters. The number of hydrogen-bond acceptors (Lipinski definition) is 4. The van der Waals surface area contributed by atoms with Crippen molar-refractivity contribution in [2.75, 3.05) is 32.1 Å². The Morgan fingerprint density at radius 1 is 1.00 bits per heavy atom. The van der Waals surface area contributed by atoms with Crippen molar-refractivity contribution in [3.8, 4) is 11.5 Å². The number of nitrogens with one attached hydrogen (secondary N) is 3. The Morgan fingerprint density at radius 2 is 1.66 bits per heavy atom. The van der Waals surface area contributed by atoms with Gasteiger partial charge in [0.05, 0.1) is 20.3 Å². The summed E-state index contributed by atoms with van der Waals surface area (Å²) < 4.78 is 24.0. The molecular weight excluding hydrogens is 377 g/mol. The van der Waals surface area contributed by atoms with E-state index in [1.54, 1.807) is 30.3 Å². The lowest BCUT2D eigenvalue weighted by molar-refractivity contribution is -0.885. The Bertz CT molecular complexity index is 827. The fraction of sp³-hybridized carbons (Fsp3) is 0.333. The fourth-order valence-corrected chi connectivity index (χ4v) is 2.75. The van der Waals surface area contributed by atoms with Crippen LogP contribution in [0.15, 0.2) is 42.5 Å². The molecule has 29 heavy (non-hydrogen) atoms. The van der Waals surface area contributed by atoms with E-state index in [0.717, 1.165) is 10.5 Å². The molecule has 2 aromatic carbocycles. The number of benzene rings is 2. The predicted molar refractivity (Wildman–Crippen MR) is 108 cm³/mol. The largest absolute Gasteiger partial charge is 0.490 e. The van der Waals surface area contributed by atoms with Gasteiger partial charge >= 0.3 is 6.03 Å². The van der Waals surface area contributed by atoms with Crippen LogP contribution in [-0.2, 0) is 11.3 Å². The summed E-state index contributed by atoms with van der Waals surface area (Å²) >= 11 is 0. The van der Waals surface area contributed by atoms with Gasteiger partial charge in [-0.2, -0.15) is 0 Å². The molecule has 3 N–H and O–H groups in total. The summed E-state index contributed by atoms with van der Waals surface area (Å²) in [6, 6.07) is 10.5. The molecule has 0 aliphatic heterocycles. The molecule has 0 fully saturated rings. The first-order valence-corrected chi connectivity index (χ1v) is 9.47. The summed E-state index contributed by atoms with van der Waals surface area (Å²) in [5.41, 5.74) is 1.38. The van der Waals surface area contributed by atoms with Gasteiger partial charge in [0.1, 0.15) is 12.4 Å². The number of hydrogen-bond donors (Lipinski definition) is 3. The van der Waals surface area contributed by atoms with E-state index in [1.807, 2.05) is 20.9 Å². The van der Waals surface area contributed by atoms with Gasteiger partial charge in [-0.05, 0) is 38.1 Å². The molecule has 2 rings (SSSR count). The number of imide groups is 1. The highest BCUT2D eigenvalue weighted by molar-refractivity contribution is 6.01. The zero-order valence-corrected chi connectivity index (χ0v) is 16.9. The van der Waals surface area contributed by atoms with Gasteiger partial charge in [-0.25, -0.2) is 9.18 Å². The molecule has 0 aliphatic carbocycles. The number of rotatable bonds is 9. The van der Waals surface area contributed by atoms with E-state index in [0.29, 0.717) is 36.9 Å². The van der Waals surface area contributed by atoms with Gasteiger partial charge in [-0.15, -0.1) is 0 Å². The highest BCUT2D eigenvalue weighted by atomic mass is 19.1. The molecule has 0 saturated heterocycles. The number of quaternary nitrogens is 1. The highest BCUT2D eigenvalue weighted by Gasteiger charge is 2.15. The number of anilines is 1. The van der Waals surface area contributed by atoms with Crippen LogP contribution in [0.2, 0.25) is 0 Å². The Labute approximate surface area is 169 Å². The van der Waals surface area contributed by atoms with Gasteiger partial charge < -0.3 is 19.7 Å². The standard InChI is InChI=1S/C21H26FN3O4/c1-4-28-18-11-10-17(12-19(18)29-5-2)23-21(27)24-20(26)14-25(3)13-15-6-8-16(22)9-7-15/h6-12H,4-5,13-14H2,1-3H3,(H2,23,24,26,27)/p+1. The minimum absolute atomic E-state index is 0.0955. The SMILES string of the molecule is CCOc1ccc(NC(=O)NC(=O)C[NH+](C)Cc2ccc(F)cc2)cc1OCC. The second-order valence-electron chi connectivity index (χ2n) is 6.47. The van der Waals surface area contributed by atoms with Crippen molar-refractivity contribution >= 4 is 17.6 Å². The highest BCUT2D eigenvalue weighted by Crippen LogP contribution is 2.30. The number of carbonyl (C=O) groups excluding carboxylic acids is 2. The van der Waals surface area contributed by atoms with Crippen molar-refractivity contribution in [3.63, 3.8) is 0 Å². The van der Waals surface area contributed by atoms with E-state index >= 15 is 0 Å². The van der Waals surface area contributed by atoms with E-state index in [2.05, 4.69) is 10.6 Å². The number of ether oxygens (including phenoxy) is 2. The van der Waals surface area contributed by atoms with E-state index < -0.39 is 11.9 Å². The molecule has 0 heterocycles. The average molecular weight is 404 g/mol. The molecule has 8 heteroatoms. The first-order chi connectivity index (χ1) is 13.9. The lowest BCUT2D eigenvalue weighted by atomic mass is 10.2. The summed E-state index contributed by atoms with van der Waals surface area (Å²) in [4.78, 5) is 25.1. The average Bonchev–Trinajstić information content (AvgIpc) is 2.65. The minimum atomic E-state index is -0.629. The summed E-state index contributed by atoms with van der Waals surface area (Å²) in [7, 11) is 1.82. The molecule has 0 aliphatic rings. The normalized spacial score (nSPS) is 11.4. The molecule has 2 aromatic rings. The first-order valence-electron chi connectivity index (χ1n) is 9.47. The Hall–Kier alpha value is -3.13. The van der Waals surface area contributed by atoms with Crippen molar-refractivity contribution in [2.45, 2.75) is 20.4 Å². The van der Waals surface area contributed by atoms with Crippen molar-refractivity contribution in [2.24, 2.45) is 0 Å². The molecule has 7 nitrogen and oxygen atoms in total. The number of urea groups is 1. The van der Waals surface area contributed by atoms with E-state index in [9.17, 15) is 14.0 Å². The molecule has 0 spiro atoms. The van der Waals surface area contributed by atoms with Gasteiger partial charge in [-0.1, -0.05) is 12.1 Å². The quantitative estimate of drug-likeness (QED) is 0.597. The van der Waals surface area contributed by atoms with Crippen molar-refractivity contribution < 1.29 is 28.4 Å². The molecule has 0 bridgehead atoms. The Morgan fingerprint density at radius 3 is 2.31 bits per heavy atom. The lowest BCUT2D eigenvalue weighted by Gasteiger charge is -2.15. The summed E-state index contributed by atoms with van der Waals surface area (Å²) in [5, 5.41) is 4.92. The molecular formula is C21H27FN3O4+. The summed E-state index contributed by atoms with van der Waals surface area (Å²) in [6.45, 7) is 5.30. The van der Waals surface area contributed by atoms with Crippen molar-refractivity contribution in [1.82, 2.24) is 5.32 Å². The third-order valence-electron chi connectivity index (χ3n) is 3.94. The Balaban J connectivity index is 1.86. The first kappa shape index (κ1) is 22.2. The van der Waals surface area contributed by atoms with Crippen molar-refractivity contribution in [1.29, 1.82) is 0 Å². The molecule has 0 radical (unpaired) electrons. The second kappa shape index (κ2) is 11.0. The van der Waals surface area contributed by atoms with Crippen LogP contribution in [0.1, 0.15) is 19.4 Å². The maximum atomic E-state index is 13.0. The van der Waals surface area contributed by atoms with Crippen LogP contribution in [0.5, 0.6) is 11.5 Å². The van der Waals surface area contributed by atoms with Gasteiger partial charge in [0, 0.05) is 17.3 Å². The third-order valence-corrected chi connectivity index (χ3v) is 3.94. The number of carbonyl (C=O) groups is 2. The smallest absolute Gasteiger partial charge is 0.326 e. The monoisotopic (exact) mass is 404 g/mol. The van der Waals surface area contributed by atoms with E-state index in [-0.39, 0.29) is 12.4 Å². The van der Waals surface area contributed by atoms with Crippen LogP contribution in [0.4, 0.5) is 14.9 Å². The molecule has 0 saturated carbocycles. The topological polar surface area (TPSA) is 81.1 Å². The zero-order valence-electron chi connectivity index (χ0n) is 16.9. The van der Waals surface area contributed by atoms with Crippen LogP contribution in [-0.4, -0.2) is 38.7 Å². The molecule has 156 valence electrons. The number of likely N-dealkylation sites (N-methyl/N-ethyl adjacent to an activating group) is 1. The molecule has 3 amide bonds. The lowest BCUT2D eigenvalue weighted by Crippen LogP contribution is -3.09. The third kappa shape index (κ3) is 7.42. The second-order valence-corrected chi connectivity index (χ2v) is 6.47. The van der Waals surface area contributed by atoms with Crippen LogP contribution in [0.3, 0.4) is 0 Å².